The van der Waals surface area contributed by atoms with E-state index < -0.39 is 0 Å². The van der Waals surface area contributed by atoms with Crippen molar-refractivity contribution < 1.29 is 13.9 Å². The fourth-order valence-electron chi connectivity index (χ4n) is 1.72. The first-order chi connectivity index (χ1) is 10.1. The van der Waals surface area contributed by atoms with Crippen LogP contribution in [0.2, 0.25) is 0 Å². The Labute approximate surface area is 130 Å². The zero-order valence-electron chi connectivity index (χ0n) is 11.1. The van der Waals surface area contributed by atoms with Crippen molar-refractivity contribution in [3.8, 4) is 5.75 Å². The molecule has 0 aliphatic carbocycles. The van der Waals surface area contributed by atoms with Crippen LogP contribution in [0.3, 0.4) is 0 Å². The van der Waals surface area contributed by atoms with E-state index >= 15 is 0 Å². The Bertz CT molecular complexity index is 632. The summed E-state index contributed by atoms with van der Waals surface area (Å²) in [5.41, 5.74) is 6.95. The van der Waals surface area contributed by atoms with Gasteiger partial charge in [0.25, 0.3) is 5.91 Å². The van der Waals surface area contributed by atoms with E-state index in [1.54, 1.807) is 6.07 Å². The van der Waals surface area contributed by atoms with Crippen molar-refractivity contribution in [3.63, 3.8) is 0 Å². The van der Waals surface area contributed by atoms with Gasteiger partial charge in [0.15, 0.2) is 6.61 Å². The van der Waals surface area contributed by atoms with Crippen molar-refractivity contribution in [2.75, 3.05) is 11.9 Å². The number of nitrogens with two attached hydrogens (primary N) is 1. The lowest BCUT2D eigenvalue weighted by Crippen LogP contribution is -2.20. The van der Waals surface area contributed by atoms with Gasteiger partial charge < -0.3 is 15.8 Å². The quantitative estimate of drug-likeness (QED) is 0.868. The van der Waals surface area contributed by atoms with Gasteiger partial charge in [-0.25, -0.2) is 4.39 Å². The number of amides is 1. The Balaban J connectivity index is 1.93. The smallest absolute Gasteiger partial charge is 0.262 e. The molecule has 0 fully saturated rings. The van der Waals surface area contributed by atoms with Gasteiger partial charge in [-0.1, -0.05) is 15.9 Å². The first kappa shape index (κ1) is 15.5. The molecule has 3 N–H and O–H groups in total. The van der Waals surface area contributed by atoms with Gasteiger partial charge in [-0.05, 0) is 42.5 Å². The monoisotopic (exact) mass is 352 g/mol. The highest BCUT2D eigenvalue weighted by atomic mass is 79.9. The summed E-state index contributed by atoms with van der Waals surface area (Å²) in [6, 6.07) is 10.9. The highest BCUT2D eigenvalue weighted by Crippen LogP contribution is 2.22. The number of benzene rings is 2. The van der Waals surface area contributed by atoms with Crippen LogP contribution < -0.4 is 15.8 Å². The van der Waals surface area contributed by atoms with E-state index in [4.69, 9.17) is 10.5 Å². The summed E-state index contributed by atoms with van der Waals surface area (Å²) in [6.45, 7) is 0.167. The summed E-state index contributed by atoms with van der Waals surface area (Å²) in [7, 11) is 0. The van der Waals surface area contributed by atoms with Crippen molar-refractivity contribution in [1.29, 1.82) is 0 Å². The first-order valence-corrected chi connectivity index (χ1v) is 7.04. The fourth-order valence-corrected chi connectivity index (χ4v) is 2.13. The number of carbonyl (C=O) groups excluding carboxylic acids is 1. The van der Waals surface area contributed by atoms with Gasteiger partial charge in [0.1, 0.15) is 11.6 Å². The molecule has 0 atom stereocenters. The van der Waals surface area contributed by atoms with Crippen LogP contribution in [0.15, 0.2) is 46.9 Å². The summed E-state index contributed by atoms with van der Waals surface area (Å²) in [6.07, 6.45) is 0. The van der Waals surface area contributed by atoms with E-state index in [9.17, 15) is 9.18 Å². The Kier molecular flexibility index (Phi) is 5.30. The molecule has 0 aromatic heterocycles. The molecule has 0 bridgehead atoms. The minimum atomic E-state index is -0.355. The second-order valence-corrected chi connectivity index (χ2v) is 5.22. The number of rotatable bonds is 5. The molecule has 2 rings (SSSR count). The maximum atomic E-state index is 12.8. The molecule has 0 radical (unpaired) electrons. The van der Waals surface area contributed by atoms with E-state index in [0.29, 0.717) is 18.0 Å². The standard InChI is InChI=1S/C15H14BrFN2O2/c16-11-1-6-14(10(7-11)8-18)21-9-15(20)19-13-4-2-12(17)3-5-13/h1-7H,8-9,18H2,(H,19,20). The molecule has 0 spiro atoms. The molecule has 0 heterocycles. The van der Waals surface area contributed by atoms with Crippen LogP contribution in [-0.4, -0.2) is 12.5 Å². The molecule has 110 valence electrons. The normalized spacial score (nSPS) is 10.2. The van der Waals surface area contributed by atoms with Crippen molar-refractivity contribution in [1.82, 2.24) is 0 Å². The average molecular weight is 353 g/mol. The largest absolute Gasteiger partial charge is 0.483 e. The molecule has 21 heavy (non-hydrogen) atoms. The van der Waals surface area contributed by atoms with Crippen molar-refractivity contribution in [3.05, 3.63) is 58.3 Å². The second kappa shape index (κ2) is 7.19. The van der Waals surface area contributed by atoms with Crippen molar-refractivity contribution in [2.45, 2.75) is 6.54 Å². The maximum absolute atomic E-state index is 12.8. The summed E-state index contributed by atoms with van der Waals surface area (Å²) in [5, 5.41) is 2.62. The molecule has 2 aromatic rings. The van der Waals surface area contributed by atoms with Crippen LogP contribution in [0.5, 0.6) is 5.75 Å². The zero-order valence-corrected chi connectivity index (χ0v) is 12.7. The number of carbonyl (C=O) groups is 1. The SMILES string of the molecule is NCc1cc(Br)ccc1OCC(=O)Nc1ccc(F)cc1. The van der Waals surface area contributed by atoms with E-state index in [1.165, 1.54) is 24.3 Å². The lowest BCUT2D eigenvalue weighted by atomic mass is 10.2. The first-order valence-electron chi connectivity index (χ1n) is 6.25. The van der Waals surface area contributed by atoms with Gasteiger partial charge in [0.2, 0.25) is 0 Å². The number of hydrogen-bond donors (Lipinski definition) is 2. The summed E-state index contributed by atoms with van der Waals surface area (Å²) < 4.78 is 19.1. The third kappa shape index (κ3) is 4.54. The van der Waals surface area contributed by atoms with E-state index in [1.807, 2.05) is 12.1 Å². The third-order valence-electron chi connectivity index (χ3n) is 2.73. The van der Waals surface area contributed by atoms with E-state index in [0.717, 1.165) is 10.0 Å². The number of nitrogens with one attached hydrogen (secondary N) is 1. The molecule has 0 saturated carbocycles. The lowest BCUT2D eigenvalue weighted by Gasteiger charge is -2.11. The topological polar surface area (TPSA) is 64.3 Å². The minimum absolute atomic E-state index is 0.147. The molecule has 6 heteroatoms. The minimum Gasteiger partial charge on any atom is -0.483 e. The Morgan fingerprint density at radius 2 is 1.95 bits per heavy atom. The molecule has 0 saturated heterocycles. The summed E-state index contributed by atoms with van der Waals surface area (Å²) in [4.78, 5) is 11.8. The van der Waals surface area contributed by atoms with E-state index in [2.05, 4.69) is 21.2 Å². The molecular weight excluding hydrogens is 339 g/mol. The van der Waals surface area contributed by atoms with Gasteiger partial charge >= 0.3 is 0 Å². The Morgan fingerprint density at radius 1 is 1.24 bits per heavy atom. The van der Waals surface area contributed by atoms with Crippen LogP contribution >= 0.6 is 15.9 Å². The van der Waals surface area contributed by atoms with Crippen LogP contribution in [0.1, 0.15) is 5.56 Å². The van der Waals surface area contributed by atoms with Gasteiger partial charge in [0, 0.05) is 22.3 Å². The highest BCUT2D eigenvalue weighted by molar-refractivity contribution is 9.10. The van der Waals surface area contributed by atoms with Gasteiger partial charge in [0.05, 0.1) is 0 Å². The molecular formula is C15H14BrFN2O2. The lowest BCUT2D eigenvalue weighted by molar-refractivity contribution is -0.118. The predicted octanol–water partition coefficient (Wildman–Crippen LogP) is 3.06. The number of hydrogen-bond acceptors (Lipinski definition) is 3. The van der Waals surface area contributed by atoms with Gasteiger partial charge in [-0.2, -0.15) is 0 Å². The van der Waals surface area contributed by atoms with Crippen molar-refractivity contribution in [2.24, 2.45) is 5.73 Å². The molecule has 0 unspecified atom stereocenters. The molecule has 2 aromatic carbocycles. The second-order valence-electron chi connectivity index (χ2n) is 4.30. The van der Waals surface area contributed by atoms with Gasteiger partial charge in [-0.3, -0.25) is 4.79 Å². The van der Waals surface area contributed by atoms with Crippen LogP contribution in [0, 0.1) is 5.82 Å². The molecule has 1 amide bonds. The van der Waals surface area contributed by atoms with Crippen LogP contribution in [-0.2, 0) is 11.3 Å². The molecule has 0 aliphatic rings. The Morgan fingerprint density at radius 3 is 2.62 bits per heavy atom. The number of ether oxygens (including phenoxy) is 1. The average Bonchev–Trinajstić information content (AvgIpc) is 2.48. The third-order valence-corrected chi connectivity index (χ3v) is 3.22. The highest BCUT2D eigenvalue weighted by Gasteiger charge is 2.07. The van der Waals surface area contributed by atoms with Crippen LogP contribution in [0.25, 0.3) is 0 Å². The zero-order chi connectivity index (χ0) is 15.2. The predicted molar refractivity (Wildman–Crippen MR) is 82.6 cm³/mol. The maximum Gasteiger partial charge on any atom is 0.262 e. The van der Waals surface area contributed by atoms with Crippen LogP contribution in [0.4, 0.5) is 10.1 Å². The fraction of sp³-hybridized carbons (Fsp3) is 0.133. The molecule has 4 nitrogen and oxygen atoms in total. The number of anilines is 1. The Hall–Kier alpha value is -1.92. The van der Waals surface area contributed by atoms with Crippen molar-refractivity contribution >= 4 is 27.5 Å². The van der Waals surface area contributed by atoms with Gasteiger partial charge in [-0.15, -0.1) is 0 Å². The number of halogens is 2. The summed E-state index contributed by atoms with van der Waals surface area (Å²) in [5.74, 6) is -0.117. The molecule has 0 aliphatic heterocycles. The van der Waals surface area contributed by atoms with E-state index in [-0.39, 0.29) is 18.3 Å². The summed E-state index contributed by atoms with van der Waals surface area (Å²) >= 11 is 3.35.